The number of pyridine rings is 1. The lowest BCUT2D eigenvalue weighted by Crippen LogP contribution is -2.47. The van der Waals surface area contributed by atoms with Gasteiger partial charge in [-0.15, -0.1) is 0 Å². The Kier molecular flexibility index (Phi) is 4.58. The molecule has 3 atom stereocenters. The molecule has 0 aromatic carbocycles. The van der Waals surface area contributed by atoms with E-state index >= 15 is 0 Å². The third-order valence-corrected chi connectivity index (χ3v) is 7.49. The van der Waals surface area contributed by atoms with Crippen molar-refractivity contribution in [3.05, 3.63) is 23.9 Å². The highest BCUT2D eigenvalue weighted by Gasteiger charge is 2.61. The largest absolute Gasteiger partial charge is 0.417 e. The van der Waals surface area contributed by atoms with E-state index in [4.69, 9.17) is 0 Å². The number of fused-ring (bicyclic) bond motifs is 2. The number of aromatic nitrogens is 1. The van der Waals surface area contributed by atoms with Gasteiger partial charge in [0.25, 0.3) is 0 Å². The zero-order chi connectivity index (χ0) is 18.5. The van der Waals surface area contributed by atoms with Gasteiger partial charge in [-0.3, -0.25) is 4.79 Å². The summed E-state index contributed by atoms with van der Waals surface area (Å²) < 4.78 is 37.6. The summed E-state index contributed by atoms with van der Waals surface area (Å²) in [5, 5.41) is 3.56. The van der Waals surface area contributed by atoms with E-state index in [2.05, 4.69) is 31.1 Å². The molecule has 2 aliphatic rings. The van der Waals surface area contributed by atoms with Crippen LogP contribution in [0.3, 0.4) is 0 Å². The van der Waals surface area contributed by atoms with Crippen molar-refractivity contribution >= 4 is 17.7 Å². The van der Waals surface area contributed by atoms with E-state index in [1.165, 1.54) is 12.5 Å². The third-order valence-electron chi connectivity index (χ3n) is 6.54. The van der Waals surface area contributed by atoms with Crippen LogP contribution in [0.1, 0.15) is 45.6 Å². The second kappa shape index (κ2) is 6.18. The molecule has 3 nitrogen and oxygen atoms in total. The molecule has 2 fully saturated rings. The molecule has 1 heterocycles. The number of hydrogen-bond acceptors (Lipinski definition) is 3. The fraction of sp³-hybridized carbons (Fsp3) is 0.667. The number of nitrogens with one attached hydrogen (secondary N) is 1. The summed E-state index contributed by atoms with van der Waals surface area (Å²) in [5.74, 6) is 0.726. The molecule has 0 spiro atoms. The average Bonchev–Trinajstić information content (AvgIpc) is 2.86. The molecular formula is C18H23F3N2OS. The van der Waals surface area contributed by atoms with Gasteiger partial charge in [0.2, 0.25) is 5.91 Å². The summed E-state index contributed by atoms with van der Waals surface area (Å²) in [7, 11) is 0. The molecule has 3 unspecified atom stereocenters. The first-order chi connectivity index (χ1) is 11.5. The minimum atomic E-state index is -4.39. The first-order valence-corrected chi connectivity index (χ1v) is 9.48. The Labute approximate surface area is 150 Å². The molecule has 1 aromatic rings. The number of carbonyl (C=O) groups is 1. The van der Waals surface area contributed by atoms with Crippen LogP contribution in [0.5, 0.6) is 0 Å². The van der Waals surface area contributed by atoms with Gasteiger partial charge in [0.1, 0.15) is 0 Å². The number of thioether (sulfide) groups is 1. The van der Waals surface area contributed by atoms with E-state index in [1.807, 2.05) is 0 Å². The average molecular weight is 372 g/mol. The monoisotopic (exact) mass is 372 g/mol. The molecule has 2 saturated carbocycles. The standard InChI is InChI=1S/C18H23F3N2OS/c1-16(2)11-6-7-17(16,3)13(8-11)23-14(24)10-25-15-5-4-12(9-22-15)18(19,20)21/h4-5,9,11,13H,6-8,10H2,1-3H3,(H,23,24). The van der Waals surface area contributed by atoms with Gasteiger partial charge in [-0.25, -0.2) is 4.98 Å². The number of carbonyl (C=O) groups excluding carboxylic acids is 1. The summed E-state index contributed by atoms with van der Waals surface area (Å²) >= 11 is 1.16. The van der Waals surface area contributed by atoms with E-state index in [1.54, 1.807) is 0 Å². The van der Waals surface area contributed by atoms with Crippen molar-refractivity contribution in [3.8, 4) is 0 Å². The van der Waals surface area contributed by atoms with Crippen LogP contribution in [-0.2, 0) is 11.0 Å². The van der Waals surface area contributed by atoms with E-state index in [9.17, 15) is 18.0 Å². The lowest BCUT2D eigenvalue weighted by atomic mass is 9.69. The first-order valence-electron chi connectivity index (χ1n) is 8.49. The lowest BCUT2D eigenvalue weighted by molar-refractivity contribution is -0.137. The molecule has 0 radical (unpaired) electrons. The van der Waals surface area contributed by atoms with Crippen molar-refractivity contribution < 1.29 is 18.0 Å². The van der Waals surface area contributed by atoms with Crippen molar-refractivity contribution in [1.82, 2.24) is 10.3 Å². The number of rotatable bonds is 4. The minimum absolute atomic E-state index is 0.0822. The van der Waals surface area contributed by atoms with Crippen LogP contribution in [0.25, 0.3) is 0 Å². The maximum atomic E-state index is 12.5. The zero-order valence-electron chi connectivity index (χ0n) is 14.6. The molecule has 1 N–H and O–H groups in total. The van der Waals surface area contributed by atoms with Gasteiger partial charge in [-0.1, -0.05) is 32.5 Å². The maximum Gasteiger partial charge on any atom is 0.417 e. The van der Waals surface area contributed by atoms with E-state index in [-0.39, 0.29) is 28.5 Å². The number of hydrogen-bond donors (Lipinski definition) is 1. The zero-order valence-corrected chi connectivity index (χ0v) is 15.4. The van der Waals surface area contributed by atoms with Crippen molar-refractivity contribution in [3.63, 3.8) is 0 Å². The van der Waals surface area contributed by atoms with Crippen LogP contribution in [0.4, 0.5) is 13.2 Å². The predicted octanol–water partition coefficient (Wildman–Crippen LogP) is 4.52. The van der Waals surface area contributed by atoms with Gasteiger partial charge in [0, 0.05) is 12.2 Å². The highest BCUT2D eigenvalue weighted by atomic mass is 32.2. The quantitative estimate of drug-likeness (QED) is 0.790. The Morgan fingerprint density at radius 1 is 1.36 bits per heavy atom. The van der Waals surface area contributed by atoms with Crippen molar-refractivity contribution in [1.29, 1.82) is 0 Å². The molecule has 1 aromatic heterocycles. The molecule has 7 heteroatoms. The topological polar surface area (TPSA) is 42.0 Å². The first kappa shape index (κ1) is 18.5. The highest BCUT2D eigenvalue weighted by Crippen LogP contribution is 2.65. The van der Waals surface area contributed by atoms with E-state index in [0.717, 1.165) is 36.9 Å². The highest BCUT2D eigenvalue weighted by molar-refractivity contribution is 7.99. The Balaban J connectivity index is 1.54. The van der Waals surface area contributed by atoms with E-state index in [0.29, 0.717) is 10.9 Å². The van der Waals surface area contributed by atoms with Crippen LogP contribution < -0.4 is 5.32 Å². The molecule has 2 aliphatic carbocycles. The fourth-order valence-electron chi connectivity index (χ4n) is 4.43. The molecule has 0 saturated heterocycles. The van der Waals surface area contributed by atoms with Gasteiger partial charge in [0.15, 0.2) is 0 Å². The minimum Gasteiger partial charge on any atom is -0.352 e. The summed E-state index contributed by atoms with van der Waals surface area (Å²) in [6.45, 7) is 6.84. The van der Waals surface area contributed by atoms with Crippen LogP contribution in [0.2, 0.25) is 0 Å². The normalized spacial score (nSPS) is 30.5. The lowest BCUT2D eigenvalue weighted by Gasteiger charge is -2.39. The number of halogens is 3. The number of alkyl halides is 3. The molecule has 2 bridgehead atoms. The van der Waals surface area contributed by atoms with Gasteiger partial charge < -0.3 is 5.32 Å². The molecule has 0 aliphatic heterocycles. The van der Waals surface area contributed by atoms with Crippen LogP contribution in [-0.4, -0.2) is 22.7 Å². The van der Waals surface area contributed by atoms with Crippen LogP contribution in [0.15, 0.2) is 23.4 Å². The van der Waals surface area contributed by atoms with Gasteiger partial charge in [-0.2, -0.15) is 13.2 Å². The van der Waals surface area contributed by atoms with Gasteiger partial charge in [0.05, 0.1) is 16.3 Å². The Morgan fingerprint density at radius 3 is 2.56 bits per heavy atom. The van der Waals surface area contributed by atoms with Crippen molar-refractivity contribution in [2.75, 3.05) is 5.75 Å². The predicted molar refractivity (Wildman–Crippen MR) is 91.1 cm³/mol. The van der Waals surface area contributed by atoms with E-state index < -0.39 is 11.7 Å². The van der Waals surface area contributed by atoms with Crippen LogP contribution >= 0.6 is 11.8 Å². The SMILES string of the molecule is CC1(C)C2CCC1(C)C(NC(=O)CSc1ccc(C(F)(F)F)cn1)C2. The summed E-state index contributed by atoms with van der Waals surface area (Å²) in [6.07, 6.45) is -0.223. The summed E-state index contributed by atoms with van der Waals surface area (Å²) in [4.78, 5) is 16.1. The molecule has 138 valence electrons. The van der Waals surface area contributed by atoms with Crippen LogP contribution in [0, 0.1) is 16.7 Å². The molecular weight excluding hydrogens is 349 g/mol. The number of nitrogens with zero attached hydrogens (tertiary/aromatic N) is 1. The molecule has 1 amide bonds. The number of amides is 1. The third kappa shape index (κ3) is 3.27. The smallest absolute Gasteiger partial charge is 0.352 e. The Morgan fingerprint density at radius 2 is 2.08 bits per heavy atom. The summed E-state index contributed by atoms with van der Waals surface area (Å²) in [5.41, 5.74) is -0.434. The molecule has 25 heavy (non-hydrogen) atoms. The van der Waals surface area contributed by atoms with Gasteiger partial charge >= 0.3 is 6.18 Å². The van der Waals surface area contributed by atoms with Crippen molar-refractivity contribution in [2.45, 2.75) is 57.3 Å². The second-order valence-corrected chi connectivity index (χ2v) is 8.90. The summed E-state index contributed by atoms with van der Waals surface area (Å²) in [6, 6.07) is 2.48. The molecule has 3 rings (SSSR count). The second-order valence-electron chi connectivity index (χ2n) is 7.90. The van der Waals surface area contributed by atoms with Gasteiger partial charge in [-0.05, 0) is 48.1 Å². The van der Waals surface area contributed by atoms with Crippen molar-refractivity contribution in [2.24, 2.45) is 16.7 Å². The Bertz CT molecular complexity index is 659. The Hall–Kier alpha value is -1.24. The maximum absolute atomic E-state index is 12.5. The fourth-order valence-corrected chi connectivity index (χ4v) is 5.08.